The molecule has 1 rings (SSSR count). The normalized spacial score (nSPS) is 11.6. The van der Waals surface area contributed by atoms with Crippen LogP contribution in [0.1, 0.15) is 6.92 Å². The van der Waals surface area contributed by atoms with Crippen LogP contribution in [0.15, 0.2) is 30.3 Å². The van der Waals surface area contributed by atoms with Gasteiger partial charge < -0.3 is 9.84 Å². The second kappa shape index (κ2) is 5.16. The zero-order valence-corrected chi connectivity index (χ0v) is 9.08. The maximum Gasteiger partial charge on any atom is 0.415 e. The first-order valence-corrected chi connectivity index (χ1v) is 4.75. The van der Waals surface area contributed by atoms with E-state index < -0.39 is 18.1 Å². The molecule has 0 heterocycles. The van der Waals surface area contributed by atoms with Gasteiger partial charge in [0.25, 0.3) is 0 Å². The van der Waals surface area contributed by atoms with Gasteiger partial charge in [-0.2, -0.15) is 0 Å². The number of benzene rings is 1. The minimum atomic E-state index is -1.08. The monoisotopic (exact) mass is 223 g/mol. The van der Waals surface area contributed by atoms with E-state index in [1.807, 2.05) is 0 Å². The lowest BCUT2D eigenvalue weighted by Crippen LogP contribution is -2.41. The molecule has 1 unspecified atom stereocenters. The Morgan fingerprint density at radius 3 is 2.38 bits per heavy atom. The molecule has 1 N–H and O–H groups in total. The number of carboxylic acids is 1. The Hall–Kier alpha value is -2.04. The van der Waals surface area contributed by atoms with Gasteiger partial charge in [-0.05, 0) is 19.1 Å². The van der Waals surface area contributed by atoms with Crippen molar-refractivity contribution in [2.45, 2.75) is 13.0 Å². The van der Waals surface area contributed by atoms with E-state index in [-0.39, 0.29) is 0 Å². The number of aliphatic carboxylic acids is 1. The highest BCUT2D eigenvalue weighted by atomic mass is 16.6. The summed E-state index contributed by atoms with van der Waals surface area (Å²) in [6, 6.07) is 7.57. The van der Waals surface area contributed by atoms with E-state index in [0.29, 0.717) is 5.75 Å². The van der Waals surface area contributed by atoms with Crippen LogP contribution in [0, 0.1) is 0 Å². The van der Waals surface area contributed by atoms with Gasteiger partial charge in [0.15, 0.2) is 0 Å². The Morgan fingerprint density at radius 1 is 1.31 bits per heavy atom. The minimum absolute atomic E-state index is 0.386. The Bertz CT molecular complexity index is 377. The number of ether oxygens (including phenoxy) is 1. The number of hydrogen-bond donors (Lipinski definition) is 1. The highest BCUT2D eigenvalue weighted by molar-refractivity contribution is 5.80. The van der Waals surface area contributed by atoms with Gasteiger partial charge >= 0.3 is 12.1 Å². The van der Waals surface area contributed by atoms with Gasteiger partial charge in [0.1, 0.15) is 11.8 Å². The number of para-hydroxylation sites is 1. The first-order valence-electron chi connectivity index (χ1n) is 4.75. The molecule has 1 atom stereocenters. The Balaban J connectivity index is 2.63. The molecule has 0 fully saturated rings. The summed E-state index contributed by atoms with van der Waals surface area (Å²) in [4.78, 5) is 23.2. The highest BCUT2D eigenvalue weighted by Gasteiger charge is 2.23. The van der Waals surface area contributed by atoms with Gasteiger partial charge in [-0.1, -0.05) is 18.2 Å². The van der Waals surface area contributed by atoms with E-state index in [9.17, 15) is 9.59 Å². The number of hydrogen-bond acceptors (Lipinski definition) is 3. The molecular weight excluding hydrogens is 210 g/mol. The van der Waals surface area contributed by atoms with Crippen LogP contribution in [-0.2, 0) is 4.79 Å². The van der Waals surface area contributed by atoms with Crippen LogP contribution < -0.4 is 4.74 Å². The van der Waals surface area contributed by atoms with Crippen molar-refractivity contribution in [1.29, 1.82) is 0 Å². The molecule has 5 heteroatoms. The largest absolute Gasteiger partial charge is 0.480 e. The average Bonchev–Trinajstić information content (AvgIpc) is 2.28. The summed E-state index contributed by atoms with van der Waals surface area (Å²) in [5.74, 6) is -0.690. The first-order chi connectivity index (χ1) is 7.52. The summed E-state index contributed by atoms with van der Waals surface area (Å²) in [6.45, 7) is 1.41. The lowest BCUT2D eigenvalue weighted by molar-refractivity contribution is -0.141. The number of carbonyl (C=O) groups is 2. The van der Waals surface area contributed by atoms with Gasteiger partial charge in [0.05, 0.1) is 0 Å². The fourth-order valence-electron chi connectivity index (χ4n) is 0.985. The first kappa shape index (κ1) is 12.0. The van der Waals surface area contributed by atoms with Crippen LogP contribution in [0.2, 0.25) is 0 Å². The van der Waals surface area contributed by atoms with E-state index in [2.05, 4.69) is 0 Å². The topological polar surface area (TPSA) is 66.8 Å². The summed E-state index contributed by atoms with van der Waals surface area (Å²) in [5, 5.41) is 8.72. The molecule has 1 amide bonds. The van der Waals surface area contributed by atoms with Crippen molar-refractivity contribution in [3.8, 4) is 5.75 Å². The number of carbonyl (C=O) groups excluding carboxylic acids is 1. The molecule has 0 aliphatic carbocycles. The molecule has 1 aromatic carbocycles. The molecule has 0 aliphatic rings. The fourth-order valence-corrected chi connectivity index (χ4v) is 0.985. The van der Waals surface area contributed by atoms with Gasteiger partial charge in [0.2, 0.25) is 0 Å². The summed E-state index contributed by atoms with van der Waals surface area (Å²) in [5.41, 5.74) is 0. The van der Waals surface area contributed by atoms with Gasteiger partial charge in [-0.3, -0.25) is 4.90 Å². The molecule has 5 nitrogen and oxygen atoms in total. The fraction of sp³-hybridized carbons (Fsp3) is 0.273. The van der Waals surface area contributed by atoms with Gasteiger partial charge in [-0.15, -0.1) is 0 Å². The molecule has 86 valence electrons. The Morgan fingerprint density at radius 2 is 1.88 bits per heavy atom. The summed E-state index contributed by atoms with van der Waals surface area (Å²) >= 11 is 0. The second-order valence-corrected chi connectivity index (χ2v) is 3.31. The predicted molar refractivity (Wildman–Crippen MR) is 57.3 cm³/mol. The van der Waals surface area contributed by atoms with Crippen molar-refractivity contribution in [2.75, 3.05) is 7.05 Å². The molecule has 0 aromatic heterocycles. The van der Waals surface area contributed by atoms with Crippen LogP contribution in [-0.4, -0.2) is 35.2 Å². The molecule has 0 bridgehead atoms. The lowest BCUT2D eigenvalue weighted by Gasteiger charge is -2.20. The van der Waals surface area contributed by atoms with Crippen molar-refractivity contribution in [3.63, 3.8) is 0 Å². The molecule has 0 radical (unpaired) electrons. The van der Waals surface area contributed by atoms with E-state index in [1.165, 1.54) is 14.0 Å². The third-order valence-corrected chi connectivity index (χ3v) is 2.17. The van der Waals surface area contributed by atoms with Crippen LogP contribution >= 0.6 is 0 Å². The molecule has 0 saturated heterocycles. The number of likely N-dealkylation sites (N-methyl/N-ethyl adjacent to an activating group) is 1. The van der Waals surface area contributed by atoms with Crippen molar-refractivity contribution in [2.24, 2.45) is 0 Å². The zero-order valence-electron chi connectivity index (χ0n) is 9.08. The third kappa shape index (κ3) is 2.98. The lowest BCUT2D eigenvalue weighted by atomic mass is 10.3. The zero-order chi connectivity index (χ0) is 12.1. The van der Waals surface area contributed by atoms with E-state index in [0.717, 1.165) is 4.90 Å². The smallest absolute Gasteiger partial charge is 0.415 e. The summed E-state index contributed by atoms with van der Waals surface area (Å²) < 4.78 is 4.97. The van der Waals surface area contributed by atoms with E-state index in [4.69, 9.17) is 9.84 Å². The maximum absolute atomic E-state index is 11.5. The summed E-state index contributed by atoms with van der Waals surface area (Å²) in [7, 11) is 1.38. The van der Waals surface area contributed by atoms with Crippen molar-refractivity contribution < 1.29 is 19.4 Å². The molecule has 0 aliphatic heterocycles. The maximum atomic E-state index is 11.5. The highest BCUT2D eigenvalue weighted by Crippen LogP contribution is 2.10. The van der Waals surface area contributed by atoms with Crippen molar-refractivity contribution >= 4 is 12.1 Å². The van der Waals surface area contributed by atoms with Crippen molar-refractivity contribution in [1.82, 2.24) is 4.90 Å². The Kier molecular flexibility index (Phi) is 3.88. The van der Waals surface area contributed by atoms with Crippen LogP contribution in [0.3, 0.4) is 0 Å². The SMILES string of the molecule is CC(C(=O)O)N(C)C(=O)Oc1ccccc1. The van der Waals surface area contributed by atoms with Crippen LogP contribution in [0.25, 0.3) is 0 Å². The van der Waals surface area contributed by atoms with Crippen LogP contribution in [0.4, 0.5) is 4.79 Å². The van der Waals surface area contributed by atoms with Crippen molar-refractivity contribution in [3.05, 3.63) is 30.3 Å². The number of rotatable bonds is 3. The molecule has 0 spiro atoms. The van der Waals surface area contributed by atoms with Crippen LogP contribution in [0.5, 0.6) is 5.75 Å². The standard InChI is InChI=1S/C11H13NO4/c1-8(10(13)14)12(2)11(15)16-9-6-4-3-5-7-9/h3-8H,1-2H3,(H,13,14). The molecule has 16 heavy (non-hydrogen) atoms. The quantitative estimate of drug-likeness (QED) is 0.845. The van der Waals surface area contributed by atoms with E-state index >= 15 is 0 Å². The minimum Gasteiger partial charge on any atom is -0.480 e. The third-order valence-electron chi connectivity index (χ3n) is 2.17. The number of nitrogens with zero attached hydrogens (tertiary/aromatic N) is 1. The molecule has 1 aromatic rings. The number of carboxylic acid groups (broad SMARTS) is 1. The van der Waals surface area contributed by atoms with Gasteiger partial charge in [0, 0.05) is 7.05 Å². The second-order valence-electron chi connectivity index (χ2n) is 3.31. The van der Waals surface area contributed by atoms with Gasteiger partial charge in [-0.25, -0.2) is 9.59 Å². The summed E-state index contributed by atoms with van der Waals surface area (Å²) in [6.07, 6.45) is -0.693. The Labute approximate surface area is 93.2 Å². The average molecular weight is 223 g/mol. The van der Waals surface area contributed by atoms with E-state index in [1.54, 1.807) is 30.3 Å². The number of amides is 1. The molecule has 0 saturated carbocycles. The predicted octanol–water partition coefficient (Wildman–Crippen LogP) is 1.59. The molecular formula is C11H13NO4.